The highest BCUT2D eigenvalue weighted by Crippen LogP contribution is 2.25. The minimum absolute atomic E-state index is 0.134. The van der Waals surface area contributed by atoms with Gasteiger partial charge in [0.15, 0.2) is 0 Å². The molecule has 0 radical (unpaired) electrons. The van der Waals surface area contributed by atoms with Crippen molar-refractivity contribution < 1.29 is 9.53 Å². The van der Waals surface area contributed by atoms with Crippen LogP contribution in [-0.4, -0.2) is 39.9 Å². The third-order valence-corrected chi connectivity index (χ3v) is 4.51. The van der Waals surface area contributed by atoms with Gasteiger partial charge < -0.3 is 10.1 Å². The molecule has 0 aromatic carbocycles. The van der Waals surface area contributed by atoms with Crippen LogP contribution in [0.25, 0.3) is 5.69 Å². The van der Waals surface area contributed by atoms with E-state index >= 15 is 0 Å². The third-order valence-electron chi connectivity index (χ3n) is 4.51. The molecule has 6 nitrogen and oxygen atoms in total. The molecule has 2 heterocycles. The van der Waals surface area contributed by atoms with Crippen LogP contribution in [0.2, 0.25) is 0 Å². The summed E-state index contributed by atoms with van der Waals surface area (Å²) in [6.45, 7) is 3.31. The molecular weight excluding hydrogens is 304 g/mol. The fourth-order valence-electron chi connectivity index (χ4n) is 3.08. The van der Waals surface area contributed by atoms with Gasteiger partial charge in [-0.1, -0.05) is 19.8 Å². The second kappa shape index (κ2) is 8.06. The maximum absolute atomic E-state index is 12.2. The van der Waals surface area contributed by atoms with Gasteiger partial charge >= 0.3 is 0 Å². The Bertz CT molecular complexity index is 656. The first-order valence-corrected chi connectivity index (χ1v) is 8.59. The lowest BCUT2D eigenvalue weighted by Gasteiger charge is -2.28. The molecule has 2 aromatic heterocycles. The number of ether oxygens (including phenoxy) is 1. The molecule has 0 spiro atoms. The van der Waals surface area contributed by atoms with Crippen LogP contribution in [0, 0.1) is 5.92 Å². The van der Waals surface area contributed by atoms with E-state index in [2.05, 4.69) is 22.3 Å². The van der Waals surface area contributed by atoms with Crippen LogP contribution < -0.4 is 5.32 Å². The van der Waals surface area contributed by atoms with Gasteiger partial charge in [-0.05, 0) is 30.9 Å². The molecule has 24 heavy (non-hydrogen) atoms. The minimum atomic E-state index is -0.134. The number of rotatable bonds is 6. The summed E-state index contributed by atoms with van der Waals surface area (Å²) in [7, 11) is 0. The average molecular weight is 328 g/mol. The zero-order valence-corrected chi connectivity index (χ0v) is 14.0. The first-order valence-electron chi connectivity index (χ1n) is 8.59. The topological polar surface area (TPSA) is 69.0 Å². The fourth-order valence-corrected chi connectivity index (χ4v) is 3.08. The number of hydrogen-bond donors (Lipinski definition) is 1. The zero-order chi connectivity index (χ0) is 16.8. The molecule has 3 rings (SSSR count). The number of carbonyl (C=O) groups is 1. The Balaban J connectivity index is 1.45. The molecular formula is C18H24N4O2. The third kappa shape index (κ3) is 4.20. The van der Waals surface area contributed by atoms with Crippen LogP contribution >= 0.6 is 0 Å². The molecule has 2 aromatic rings. The van der Waals surface area contributed by atoms with E-state index in [9.17, 15) is 4.79 Å². The van der Waals surface area contributed by atoms with E-state index in [-0.39, 0.29) is 5.91 Å². The van der Waals surface area contributed by atoms with Crippen LogP contribution in [0.4, 0.5) is 0 Å². The van der Waals surface area contributed by atoms with Gasteiger partial charge in [-0.3, -0.25) is 9.78 Å². The van der Waals surface area contributed by atoms with E-state index in [1.54, 1.807) is 29.5 Å². The molecule has 0 unspecified atom stereocenters. The van der Waals surface area contributed by atoms with Crippen molar-refractivity contribution in [3.05, 3.63) is 42.5 Å². The lowest BCUT2D eigenvalue weighted by molar-refractivity contribution is -0.00293. The summed E-state index contributed by atoms with van der Waals surface area (Å²) in [5.74, 6) is 0.484. The molecule has 0 bridgehead atoms. The van der Waals surface area contributed by atoms with E-state index in [4.69, 9.17) is 4.74 Å². The normalized spacial score (nSPS) is 20.7. The van der Waals surface area contributed by atoms with Gasteiger partial charge in [0.1, 0.15) is 0 Å². The first-order chi connectivity index (χ1) is 11.7. The van der Waals surface area contributed by atoms with E-state index in [0.29, 0.717) is 30.7 Å². The Hall–Kier alpha value is -2.21. The van der Waals surface area contributed by atoms with E-state index in [0.717, 1.165) is 12.1 Å². The molecule has 1 amide bonds. The van der Waals surface area contributed by atoms with Crippen LogP contribution in [0.15, 0.2) is 36.9 Å². The number of nitrogens with zero attached hydrogens (tertiary/aromatic N) is 3. The smallest absolute Gasteiger partial charge is 0.254 e. The van der Waals surface area contributed by atoms with Gasteiger partial charge in [-0.15, -0.1) is 0 Å². The van der Waals surface area contributed by atoms with Crippen LogP contribution in [-0.2, 0) is 4.74 Å². The number of pyridine rings is 1. The number of hydrogen-bond acceptors (Lipinski definition) is 4. The summed E-state index contributed by atoms with van der Waals surface area (Å²) in [5, 5.41) is 7.09. The summed E-state index contributed by atoms with van der Waals surface area (Å²) < 4.78 is 7.55. The van der Waals surface area contributed by atoms with E-state index < -0.39 is 0 Å². The zero-order valence-electron chi connectivity index (χ0n) is 14.0. The standard InChI is InChI=1S/C18H24N4O2/c1-14-5-2-3-7-17(14)24-10-9-20-18(23)15-11-21-22(13-15)16-6-4-8-19-12-16/h4,6,8,11-14,17H,2-3,5,7,9-10H2,1H3,(H,20,23)/t14-,17-/m1/s1. The predicted octanol–water partition coefficient (Wildman–Crippen LogP) is 2.59. The van der Waals surface area contributed by atoms with Crippen molar-refractivity contribution in [1.82, 2.24) is 20.1 Å². The van der Waals surface area contributed by atoms with Crippen molar-refractivity contribution in [1.29, 1.82) is 0 Å². The largest absolute Gasteiger partial charge is 0.376 e. The van der Waals surface area contributed by atoms with Gasteiger partial charge in [0.05, 0.1) is 36.4 Å². The van der Waals surface area contributed by atoms with E-state index in [1.807, 2.05) is 12.1 Å². The molecule has 1 aliphatic rings. The maximum Gasteiger partial charge on any atom is 0.254 e. The fraction of sp³-hybridized carbons (Fsp3) is 0.500. The predicted molar refractivity (Wildman–Crippen MR) is 91.1 cm³/mol. The second-order valence-corrected chi connectivity index (χ2v) is 6.31. The Labute approximate surface area is 142 Å². The second-order valence-electron chi connectivity index (χ2n) is 6.31. The highest BCUT2D eigenvalue weighted by Gasteiger charge is 2.21. The molecule has 1 aliphatic carbocycles. The maximum atomic E-state index is 12.2. The SMILES string of the molecule is C[C@@H]1CCCC[C@H]1OCCNC(=O)c1cnn(-c2cccnc2)c1. The van der Waals surface area contributed by atoms with Crippen molar-refractivity contribution in [2.24, 2.45) is 5.92 Å². The highest BCUT2D eigenvalue weighted by atomic mass is 16.5. The summed E-state index contributed by atoms with van der Waals surface area (Å²) in [6.07, 6.45) is 11.9. The average Bonchev–Trinajstić information content (AvgIpc) is 3.11. The van der Waals surface area contributed by atoms with Crippen molar-refractivity contribution in [3.8, 4) is 5.69 Å². The lowest BCUT2D eigenvalue weighted by atomic mass is 9.88. The number of amides is 1. The van der Waals surface area contributed by atoms with Crippen LogP contribution in [0.5, 0.6) is 0 Å². The molecule has 1 saturated carbocycles. The summed E-state index contributed by atoms with van der Waals surface area (Å²) >= 11 is 0. The van der Waals surface area contributed by atoms with Gasteiger partial charge in [-0.2, -0.15) is 5.10 Å². The number of carbonyl (C=O) groups excluding carboxylic acids is 1. The van der Waals surface area contributed by atoms with Crippen LogP contribution in [0.3, 0.4) is 0 Å². The molecule has 0 saturated heterocycles. The molecule has 1 N–H and O–H groups in total. The molecule has 6 heteroatoms. The Morgan fingerprint density at radius 3 is 3.04 bits per heavy atom. The van der Waals surface area contributed by atoms with Crippen molar-refractivity contribution in [2.45, 2.75) is 38.7 Å². The van der Waals surface area contributed by atoms with Gasteiger partial charge in [0.25, 0.3) is 5.91 Å². The molecule has 2 atom stereocenters. The minimum Gasteiger partial charge on any atom is -0.376 e. The van der Waals surface area contributed by atoms with Gasteiger partial charge in [-0.25, -0.2) is 4.68 Å². The van der Waals surface area contributed by atoms with Crippen LogP contribution in [0.1, 0.15) is 43.0 Å². The Kier molecular flexibility index (Phi) is 5.59. The van der Waals surface area contributed by atoms with Gasteiger partial charge in [0.2, 0.25) is 0 Å². The number of nitrogens with one attached hydrogen (secondary N) is 1. The number of aromatic nitrogens is 3. The summed E-state index contributed by atoms with van der Waals surface area (Å²) in [6, 6.07) is 3.72. The lowest BCUT2D eigenvalue weighted by Crippen LogP contribution is -2.31. The highest BCUT2D eigenvalue weighted by molar-refractivity contribution is 5.93. The van der Waals surface area contributed by atoms with Crippen molar-refractivity contribution in [2.75, 3.05) is 13.2 Å². The monoisotopic (exact) mass is 328 g/mol. The molecule has 128 valence electrons. The van der Waals surface area contributed by atoms with Crippen molar-refractivity contribution in [3.63, 3.8) is 0 Å². The molecule has 0 aliphatic heterocycles. The molecule has 1 fully saturated rings. The van der Waals surface area contributed by atoms with Crippen molar-refractivity contribution >= 4 is 5.91 Å². The first kappa shape index (κ1) is 16.6. The Morgan fingerprint density at radius 2 is 2.25 bits per heavy atom. The summed E-state index contributed by atoms with van der Waals surface area (Å²) in [5.41, 5.74) is 1.36. The summed E-state index contributed by atoms with van der Waals surface area (Å²) in [4.78, 5) is 16.2. The van der Waals surface area contributed by atoms with E-state index in [1.165, 1.54) is 19.3 Å². The van der Waals surface area contributed by atoms with Gasteiger partial charge in [0, 0.05) is 18.9 Å². The quantitative estimate of drug-likeness (QED) is 0.828. The Morgan fingerprint density at radius 1 is 1.38 bits per heavy atom.